The zero-order chi connectivity index (χ0) is 13.0. The van der Waals surface area contributed by atoms with Crippen molar-refractivity contribution in [1.82, 2.24) is 0 Å². The van der Waals surface area contributed by atoms with Gasteiger partial charge in [-0.1, -0.05) is 18.2 Å². The topological polar surface area (TPSA) is 12.0 Å². The molecule has 0 saturated carbocycles. The van der Waals surface area contributed by atoms with E-state index < -0.39 is 11.6 Å². The highest BCUT2D eigenvalue weighted by Crippen LogP contribution is 2.14. The number of hydrogen-bond acceptors (Lipinski definition) is 1. The van der Waals surface area contributed by atoms with Crippen LogP contribution < -0.4 is 5.32 Å². The molecule has 0 aromatic heterocycles. The molecular formula is C14H12ClF2N. The predicted molar refractivity (Wildman–Crippen MR) is 69.7 cm³/mol. The van der Waals surface area contributed by atoms with E-state index in [1.807, 2.05) is 24.3 Å². The minimum absolute atomic E-state index is 0.312. The van der Waals surface area contributed by atoms with Crippen LogP contribution >= 0.6 is 11.6 Å². The Bertz CT molecular complexity index is 526. The van der Waals surface area contributed by atoms with Crippen LogP contribution in [0.5, 0.6) is 0 Å². The lowest BCUT2D eigenvalue weighted by Crippen LogP contribution is -2.02. The molecule has 1 N–H and O–H groups in total. The summed E-state index contributed by atoms with van der Waals surface area (Å²) < 4.78 is 26.1. The fraction of sp³-hybridized carbons (Fsp3) is 0.143. The van der Waals surface area contributed by atoms with Crippen molar-refractivity contribution in [2.24, 2.45) is 0 Å². The van der Waals surface area contributed by atoms with E-state index in [2.05, 4.69) is 5.32 Å². The first kappa shape index (κ1) is 12.8. The van der Waals surface area contributed by atoms with Gasteiger partial charge in [0.15, 0.2) is 0 Å². The monoisotopic (exact) mass is 267 g/mol. The van der Waals surface area contributed by atoms with Gasteiger partial charge in [0.1, 0.15) is 11.6 Å². The van der Waals surface area contributed by atoms with Crippen LogP contribution in [0.3, 0.4) is 0 Å². The van der Waals surface area contributed by atoms with Crippen LogP contribution in [0.25, 0.3) is 0 Å². The van der Waals surface area contributed by atoms with Gasteiger partial charge in [-0.15, -0.1) is 11.6 Å². The van der Waals surface area contributed by atoms with E-state index in [1.165, 1.54) is 12.1 Å². The second kappa shape index (κ2) is 5.83. The van der Waals surface area contributed by atoms with E-state index in [0.29, 0.717) is 18.0 Å². The molecule has 1 nitrogen and oxygen atoms in total. The molecule has 0 heterocycles. The van der Waals surface area contributed by atoms with Gasteiger partial charge in [0, 0.05) is 29.7 Å². The predicted octanol–water partition coefficient (Wildman–Crippen LogP) is 4.32. The number of anilines is 1. The van der Waals surface area contributed by atoms with E-state index >= 15 is 0 Å². The first-order valence-electron chi connectivity index (χ1n) is 5.52. The summed E-state index contributed by atoms with van der Waals surface area (Å²) in [6, 6.07) is 11.1. The highest BCUT2D eigenvalue weighted by atomic mass is 35.5. The maximum Gasteiger partial charge on any atom is 0.131 e. The van der Waals surface area contributed by atoms with Gasteiger partial charge in [-0.3, -0.25) is 0 Å². The SMILES string of the molecule is Fc1ccc(CNc2ccc(CCl)cc2)c(F)c1. The Morgan fingerprint density at radius 1 is 1.00 bits per heavy atom. The highest BCUT2D eigenvalue weighted by Gasteiger charge is 2.03. The van der Waals surface area contributed by atoms with Crippen molar-refractivity contribution in [3.05, 3.63) is 65.2 Å². The van der Waals surface area contributed by atoms with Gasteiger partial charge in [-0.25, -0.2) is 8.78 Å². The van der Waals surface area contributed by atoms with E-state index in [0.717, 1.165) is 17.3 Å². The van der Waals surface area contributed by atoms with Crippen molar-refractivity contribution in [3.63, 3.8) is 0 Å². The Balaban J connectivity index is 2.02. The van der Waals surface area contributed by atoms with E-state index in [1.54, 1.807) is 0 Å². The number of rotatable bonds is 4. The first-order valence-corrected chi connectivity index (χ1v) is 6.05. The molecule has 0 radical (unpaired) electrons. The van der Waals surface area contributed by atoms with Crippen LogP contribution in [0.15, 0.2) is 42.5 Å². The highest BCUT2D eigenvalue weighted by molar-refractivity contribution is 6.17. The second-order valence-electron chi connectivity index (χ2n) is 3.92. The fourth-order valence-electron chi connectivity index (χ4n) is 1.57. The largest absolute Gasteiger partial charge is 0.381 e. The molecule has 0 fully saturated rings. The molecule has 0 amide bonds. The normalized spacial score (nSPS) is 10.4. The number of benzene rings is 2. The van der Waals surface area contributed by atoms with Gasteiger partial charge >= 0.3 is 0 Å². The van der Waals surface area contributed by atoms with Crippen LogP contribution in [-0.4, -0.2) is 0 Å². The van der Waals surface area contributed by atoms with Crippen molar-refractivity contribution >= 4 is 17.3 Å². The molecule has 0 aliphatic carbocycles. The number of alkyl halides is 1. The minimum Gasteiger partial charge on any atom is -0.381 e. The van der Waals surface area contributed by atoms with Crippen molar-refractivity contribution in [3.8, 4) is 0 Å². The Morgan fingerprint density at radius 3 is 2.33 bits per heavy atom. The molecule has 0 bridgehead atoms. The molecular weight excluding hydrogens is 256 g/mol. The Kier molecular flexibility index (Phi) is 4.15. The average molecular weight is 268 g/mol. The quantitative estimate of drug-likeness (QED) is 0.814. The molecule has 18 heavy (non-hydrogen) atoms. The molecule has 0 atom stereocenters. The molecule has 2 aromatic rings. The maximum atomic E-state index is 13.4. The molecule has 0 unspecified atom stereocenters. The maximum absolute atomic E-state index is 13.4. The van der Waals surface area contributed by atoms with Crippen molar-refractivity contribution < 1.29 is 8.78 Å². The van der Waals surface area contributed by atoms with Crippen LogP contribution in [0.2, 0.25) is 0 Å². The van der Waals surface area contributed by atoms with Crippen LogP contribution in [0.4, 0.5) is 14.5 Å². The van der Waals surface area contributed by atoms with Gasteiger partial charge in [0.25, 0.3) is 0 Å². The summed E-state index contributed by atoms with van der Waals surface area (Å²) in [7, 11) is 0. The summed E-state index contributed by atoms with van der Waals surface area (Å²) in [5.41, 5.74) is 2.32. The summed E-state index contributed by atoms with van der Waals surface area (Å²) in [6.45, 7) is 0.312. The molecule has 0 saturated heterocycles. The first-order chi connectivity index (χ1) is 8.69. The third-order valence-corrected chi connectivity index (χ3v) is 2.91. The molecule has 0 spiro atoms. The smallest absolute Gasteiger partial charge is 0.131 e. The Morgan fingerprint density at radius 2 is 1.72 bits per heavy atom. The van der Waals surface area contributed by atoms with E-state index in [-0.39, 0.29) is 0 Å². The van der Waals surface area contributed by atoms with E-state index in [4.69, 9.17) is 11.6 Å². The second-order valence-corrected chi connectivity index (χ2v) is 4.19. The average Bonchev–Trinajstić information content (AvgIpc) is 2.38. The van der Waals surface area contributed by atoms with Crippen LogP contribution in [0.1, 0.15) is 11.1 Å². The third kappa shape index (κ3) is 3.20. The minimum atomic E-state index is -0.567. The van der Waals surface area contributed by atoms with Crippen LogP contribution in [-0.2, 0) is 12.4 Å². The molecule has 2 rings (SSSR count). The zero-order valence-electron chi connectivity index (χ0n) is 9.59. The standard InChI is InChI=1S/C14H12ClF2N/c15-8-10-1-5-13(6-2-10)18-9-11-3-4-12(16)7-14(11)17/h1-7,18H,8-9H2. The Hall–Kier alpha value is -1.61. The van der Waals surface area contributed by atoms with Crippen molar-refractivity contribution in [2.45, 2.75) is 12.4 Å². The van der Waals surface area contributed by atoms with Gasteiger partial charge in [0.2, 0.25) is 0 Å². The molecule has 4 heteroatoms. The zero-order valence-corrected chi connectivity index (χ0v) is 10.3. The van der Waals surface area contributed by atoms with Gasteiger partial charge in [-0.05, 0) is 23.8 Å². The Labute approximate surface area is 109 Å². The van der Waals surface area contributed by atoms with Gasteiger partial charge in [-0.2, -0.15) is 0 Å². The van der Waals surface area contributed by atoms with Crippen molar-refractivity contribution in [2.75, 3.05) is 5.32 Å². The summed E-state index contributed by atoms with van der Waals surface area (Å²) >= 11 is 5.68. The van der Waals surface area contributed by atoms with Crippen LogP contribution in [0, 0.1) is 11.6 Å². The lowest BCUT2D eigenvalue weighted by molar-refractivity contribution is 0.574. The van der Waals surface area contributed by atoms with Gasteiger partial charge < -0.3 is 5.32 Å². The number of nitrogens with one attached hydrogen (secondary N) is 1. The molecule has 94 valence electrons. The van der Waals surface area contributed by atoms with Gasteiger partial charge in [0.05, 0.1) is 0 Å². The molecule has 0 aliphatic rings. The number of hydrogen-bond donors (Lipinski definition) is 1. The lowest BCUT2D eigenvalue weighted by atomic mass is 10.2. The number of halogens is 3. The summed E-state index contributed by atoms with van der Waals surface area (Å²) in [5, 5.41) is 3.07. The summed E-state index contributed by atoms with van der Waals surface area (Å²) in [5.74, 6) is -0.644. The summed E-state index contributed by atoms with van der Waals surface area (Å²) in [4.78, 5) is 0. The fourth-order valence-corrected chi connectivity index (χ4v) is 1.75. The van der Waals surface area contributed by atoms with E-state index in [9.17, 15) is 8.78 Å². The molecule has 0 aliphatic heterocycles. The van der Waals surface area contributed by atoms with Crippen molar-refractivity contribution in [1.29, 1.82) is 0 Å². The molecule has 2 aromatic carbocycles. The third-order valence-electron chi connectivity index (χ3n) is 2.61. The lowest BCUT2D eigenvalue weighted by Gasteiger charge is -2.08. The summed E-state index contributed by atoms with van der Waals surface area (Å²) in [6.07, 6.45) is 0.